The van der Waals surface area contributed by atoms with Gasteiger partial charge in [0.25, 0.3) is 0 Å². The molecule has 32 nitrogen and oxygen atoms in total. The van der Waals surface area contributed by atoms with Crippen LogP contribution in [-0.2, 0) is 133 Å². The summed E-state index contributed by atoms with van der Waals surface area (Å²) in [5.41, 5.74) is 0. The minimum absolute atomic E-state index is 0. The fourth-order valence-corrected chi connectivity index (χ4v) is 8.21. The van der Waals surface area contributed by atoms with Crippen LogP contribution < -0.4 is 63.4 Å². The Balaban J connectivity index is -0.000000554. The molecule has 0 aromatic rings. The molecular formula is C55H91I2NNaO31V-. The maximum absolute atomic E-state index is 11.4. The summed E-state index contributed by atoms with van der Waals surface area (Å²) in [6.07, 6.45) is -3.60. The van der Waals surface area contributed by atoms with Gasteiger partial charge in [0.15, 0.2) is 18.5 Å². The van der Waals surface area contributed by atoms with Gasteiger partial charge in [-0.2, -0.15) is 0 Å². The first-order valence-corrected chi connectivity index (χ1v) is 32.8. The molecule has 0 aromatic heterocycles. The fraction of sp³-hybridized carbons (Fsp3) is 0.764. The van der Waals surface area contributed by atoms with Crippen LogP contribution in [0.3, 0.4) is 0 Å². The Bertz CT molecular complexity index is 2060. The zero-order valence-electron chi connectivity index (χ0n) is 53.9. The van der Waals surface area contributed by atoms with Crippen LogP contribution in [0.25, 0.3) is 0 Å². The Labute approximate surface area is 585 Å². The molecule has 0 aliphatic carbocycles. The normalized spacial score (nSPS) is 25.7. The Hall–Kier alpha value is -2.84. The van der Waals surface area contributed by atoms with Crippen molar-refractivity contribution in [3.63, 3.8) is 0 Å². The molecule has 4 rings (SSSR count). The van der Waals surface area contributed by atoms with Gasteiger partial charge >= 0.3 is 71.5 Å². The number of ether oxygens (including phenoxy) is 18. The summed E-state index contributed by atoms with van der Waals surface area (Å²) in [4.78, 5) is 85.0. The van der Waals surface area contributed by atoms with Crippen LogP contribution in [-0.4, -0.2) is 219 Å². The van der Waals surface area contributed by atoms with E-state index in [4.69, 9.17) is 104 Å². The van der Waals surface area contributed by atoms with Gasteiger partial charge in [0, 0.05) is 96.6 Å². The molecular weight excluding hydrogens is 1500 g/mol. The van der Waals surface area contributed by atoms with Gasteiger partial charge < -0.3 is 118 Å². The zero-order valence-corrected chi connectivity index (χ0v) is 61.6. The summed E-state index contributed by atoms with van der Waals surface area (Å²) < 4.78 is 129. The number of carboxylic acid groups (broad SMARTS) is 1. The minimum atomic E-state index is -5.94. The number of hydrogen-bond donors (Lipinski definition) is 2. The van der Waals surface area contributed by atoms with E-state index in [1.54, 1.807) is 6.92 Å². The Morgan fingerprint density at radius 1 is 0.538 bits per heavy atom. The smallest absolute Gasteiger partial charge is 0.499 e. The van der Waals surface area contributed by atoms with Crippen molar-refractivity contribution in [3.05, 3.63) is 30.6 Å². The third-order valence-corrected chi connectivity index (χ3v) is 12.4. The Morgan fingerprint density at radius 2 is 0.868 bits per heavy atom. The summed E-state index contributed by atoms with van der Waals surface area (Å²) in [5, 5.41) is 16.6. The first kappa shape index (κ1) is 94.6. The molecule has 3 saturated heterocycles. The number of aliphatic hydroxyl groups excluding tert-OH is 1. The van der Waals surface area contributed by atoms with Crippen LogP contribution >= 0.6 is 22.6 Å². The van der Waals surface area contributed by atoms with Gasteiger partial charge in [-0.15, -0.1) is 0 Å². The van der Waals surface area contributed by atoms with E-state index in [0.29, 0.717) is 52.1 Å². The van der Waals surface area contributed by atoms with Crippen LogP contribution in [0, 0.1) is 34.5 Å². The first-order chi connectivity index (χ1) is 41.9. The maximum atomic E-state index is 11.4. The molecule has 0 aromatic carbocycles. The van der Waals surface area contributed by atoms with Crippen LogP contribution in [0.5, 0.6) is 0 Å². The minimum Gasteiger partial charge on any atom is -0.499 e. The van der Waals surface area contributed by atoms with E-state index in [2.05, 4.69) is 27.8 Å². The summed E-state index contributed by atoms with van der Waals surface area (Å²) in [7, 11) is 0. The topological polar surface area (TPSA) is 431 Å². The van der Waals surface area contributed by atoms with Crippen molar-refractivity contribution in [2.75, 3.05) is 99.1 Å². The van der Waals surface area contributed by atoms with Crippen LogP contribution in [0.15, 0.2) is 30.7 Å². The summed E-state index contributed by atoms with van der Waals surface area (Å²) in [5.74, 6) is -2.30. The van der Waals surface area contributed by atoms with Gasteiger partial charge in [-0.05, 0) is 0 Å². The molecule has 2 N–H and O–H groups in total. The number of nitrogens with zero attached hydrogens (tertiary/aromatic N) is 1. The number of esters is 6. The van der Waals surface area contributed by atoms with E-state index in [1.807, 2.05) is 57.2 Å². The summed E-state index contributed by atoms with van der Waals surface area (Å²) in [6, 6.07) is -0.215. The Morgan fingerprint density at radius 3 is 1.20 bits per heavy atom. The SMILES string of the molecule is C=COCCOCCO.C=COCCOCCOC1OC(COC(C)=O)C(OC(C)=O)C(C)C1C.CC(=O)OCC1OC(OCCOCCOC(=O)O)C(C)C(C)C1OC(C)=O.CC(=O)OCC1OC2OC(C)=NC2C(C)C1OC(C)=O.[CH2-]I.[Na+].[O-][I+3]([O-])([O-])[O-].[V]. The van der Waals surface area contributed by atoms with Crippen molar-refractivity contribution in [2.24, 2.45) is 34.6 Å². The van der Waals surface area contributed by atoms with Gasteiger partial charge in [0.2, 0.25) is 6.29 Å². The van der Waals surface area contributed by atoms with Crippen LogP contribution in [0.2, 0.25) is 0 Å². The second kappa shape index (κ2) is 55.3. The molecule has 15 atom stereocenters. The average Bonchev–Trinajstić information content (AvgIpc) is 2.07. The monoisotopic (exact) mass is 1590 g/mol. The Kier molecular flexibility index (Phi) is 57.5. The third-order valence-electron chi connectivity index (χ3n) is 12.4. The van der Waals surface area contributed by atoms with Crippen LogP contribution in [0.1, 0.15) is 83.1 Å². The largest absolute Gasteiger partial charge is 1.00 e. The third kappa shape index (κ3) is 46.1. The van der Waals surface area contributed by atoms with Crippen molar-refractivity contribution in [1.29, 1.82) is 0 Å². The summed E-state index contributed by atoms with van der Waals surface area (Å²) in [6.45, 7) is 29.7. The molecule has 0 spiro atoms. The number of aliphatic hydroxyl groups is 1. The van der Waals surface area contributed by atoms with Crippen molar-refractivity contribution in [1.82, 2.24) is 0 Å². The molecule has 4 heterocycles. The number of carbonyl (C=O) groups is 7. The standard InChI is InChI=1S/C18H30O8.C17H28O10.C13H19NO6.C6H12O3.CH2I.IO4.Na.V/c1-6-21-7-8-22-9-10-23-18-13(3)12(2)17(25-15(5)20)16(26-18)11-24-14(4)19;1-10-11(2)16(23-7-5-22-6-8-24-17(20)21)27-14(9-25-12(3)18)15(10)26-13(4)19;1-6-11-13(18-7(2)14-11)20-10(5-17-8(3)15)12(6)19-9(4)16;1-2-8-5-6-9-4-3-7;1-2;2-1(3,4)5;;/h6,12-13,16-18H,1,7-11H2,2-5H3;10-11,14-16H,5-9H2,1-4H3,(H,20,21);6,10-13H,5H2,1-4H3;2,7H,1,3-6H2;1H2;;;/q;;;;2*-1;+1;. The second-order valence-corrected chi connectivity index (χ2v) is 21.3. The predicted molar refractivity (Wildman–Crippen MR) is 303 cm³/mol. The van der Waals surface area contributed by atoms with Gasteiger partial charge in [-0.25, -0.2) is 9.79 Å². The number of hydrogen-bond acceptors (Lipinski definition) is 31. The van der Waals surface area contributed by atoms with Crippen molar-refractivity contribution in [3.8, 4) is 0 Å². The van der Waals surface area contributed by atoms with Gasteiger partial charge in [0.1, 0.15) is 102 Å². The molecule has 3 fully saturated rings. The molecule has 0 bridgehead atoms. The molecule has 523 valence electrons. The number of aliphatic imine (C=N–C) groups is 1. The number of carbonyl (C=O) groups excluding carboxylic acids is 6. The maximum Gasteiger partial charge on any atom is 1.00 e. The zero-order chi connectivity index (χ0) is 68.2. The first-order valence-electron chi connectivity index (χ1n) is 27.7. The van der Waals surface area contributed by atoms with Gasteiger partial charge in [0.05, 0.1) is 72.0 Å². The number of fused-ring (bicyclic) bond motifs is 1. The molecule has 4 aliphatic rings. The number of rotatable bonds is 30. The van der Waals surface area contributed by atoms with Gasteiger partial charge in [-0.1, -0.05) is 47.8 Å². The second-order valence-electron chi connectivity index (χ2n) is 19.2. The molecule has 91 heavy (non-hydrogen) atoms. The van der Waals surface area contributed by atoms with E-state index in [9.17, 15) is 33.6 Å². The van der Waals surface area contributed by atoms with Crippen LogP contribution in [0.4, 0.5) is 4.79 Å². The molecule has 36 heteroatoms. The molecule has 1 radical (unpaired) electrons. The van der Waals surface area contributed by atoms with Gasteiger partial charge in [-0.3, -0.25) is 47.4 Å². The van der Waals surface area contributed by atoms with Crippen molar-refractivity contribution in [2.45, 2.75) is 145 Å². The molecule has 0 amide bonds. The van der Waals surface area contributed by atoms with E-state index in [1.165, 1.54) is 54.1 Å². The molecule has 0 saturated carbocycles. The molecule has 15 unspecified atom stereocenters. The van der Waals surface area contributed by atoms with E-state index in [-0.39, 0.29) is 137 Å². The van der Waals surface area contributed by atoms with E-state index < -0.39 is 118 Å². The quantitative estimate of drug-likeness (QED) is 0.0129. The fourth-order valence-electron chi connectivity index (χ4n) is 8.21. The predicted octanol–water partition coefficient (Wildman–Crippen LogP) is -5.85. The molecule has 4 aliphatic heterocycles. The summed E-state index contributed by atoms with van der Waals surface area (Å²) >= 11 is -4.04. The van der Waals surface area contributed by atoms with E-state index in [0.717, 1.165) is 0 Å². The van der Waals surface area contributed by atoms with Crippen molar-refractivity contribution < 1.29 is 211 Å². The van der Waals surface area contributed by atoms with Crippen molar-refractivity contribution >= 4 is 70.5 Å². The number of halogens is 2. The average molecular weight is 1590 g/mol. The van der Waals surface area contributed by atoms with E-state index >= 15 is 0 Å².